The van der Waals surface area contributed by atoms with Crippen molar-refractivity contribution < 1.29 is 17.6 Å². The molecule has 6 heteroatoms. The van der Waals surface area contributed by atoms with Gasteiger partial charge in [-0.1, -0.05) is 18.2 Å². The molecule has 0 radical (unpaired) electrons. The molecule has 0 aliphatic rings. The zero-order chi connectivity index (χ0) is 17.9. The van der Waals surface area contributed by atoms with Gasteiger partial charge in [0, 0.05) is 16.8 Å². The van der Waals surface area contributed by atoms with Gasteiger partial charge >= 0.3 is 0 Å². The van der Waals surface area contributed by atoms with Gasteiger partial charge in [0.1, 0.15) is 5.82 Å². The van der Waals surface area contributed by atoms with Gasteiger partial charge in [-0.3, -0.25) is 9.52 Å². The van der Waals surface area contributed by atoms with Gasteiger partial charge in [0.05, 0.1) is 4.90 Å². The molecule has 0 aliphatic heterocycles. The zero-order valence-corrected chi connectivity index (χ0v) is 13.8. The quantitative estimate of drug-likeness (QED) is 0.707. The number of anilines is 1. The summed E-state index contributed by atoms with van der Waals surface area (Å²) < 4.78 is 39.9. The number of carbonyl (C=O) groups is 1. The summed E-state index contributed by atoms with van der Waals surface area (Å²) >= 11 is 0. The van der Waals surface area contributed by atoms with Crippen LogP contribution in [0.1, 0.15) is 15.9 Å². The SMILES string of the molecule is O=C(c1ccc(F)cc1)c1ccc(NS(=O)(=O)c2ccccc2)cc1. The predicted octanol–water partition coefficient (Wildman–Crippen LogP) is 3.86. The molecular weight excluding hydrogens is 341 g/mol. The number of benzene rings is 3. The summed E-state index contributed by atoms with van der Waals surface area (Å²) in [5.74, 6) is -0.681. The highest BCUT2D eigenvalue weighted by Gasteiger charge is 2.14. The first kappa shape index (κ1) is 16.9. The Balaban J connectivity index is 1.78. The van der Waals surface area contributed by atoms with Gasteiger partial charge in [-0.05, 0) is 60.7 Å². The summed E-state index contributed by atoms with van der Waals surface area (Å²) in [4.78, 5) is 12.5. The van der Waals surface area contributed by atoms with E-state index in [2.05, 4.69) is 4.72 Å². The fourth-order valence-electron chi connectivity index (χ4n) is 2.27. The predicted molar refractivity (Wildman–Crippen MR) is 93.5 cm³/mol. The summed E-state index contributed by atoms with van der Waals surface area (Å²) in [7, 11) is -3.68. The van der Waals surface area contributed by atoms with E-state index in [-0.39, 0.29) is 10.7 Å². The highest BCUT2D eigenvalue weighted by Crippen LogP contribution is 2.18. The van der Waals surface area contributed by atoms with Gasteiger partial charge in [-0.2, -0.15) is 0 Å². The summed E-state index contributed by atoms with van der Waals surface area (Å²) in [5, 5.41) is 0. The molecule has 0 aliphatic carbocycles. The van der Waals surface area contributed by atoms with Crippen LogP contribution in [-0.4, -0.2) is 14.2 Å². The molecule has 3 rings (SSSR count). The lowest BCUT2D eigenvalue weighted by Gasteiger charge is -2.08. The summed E-state index contributed by atoms with van der Waals surface area (Å²) in [6.07, 6.45) is 0. The van der Waals surface area contributed by atoms with Crippen molar-refractivity contribution in [2.24, 2.45) is 0 Å². The molecule has 4 nitrogen and oxygen atoms in total. The molecule has 126 valence electrons. The molecule has 0 heterocycles. The van der Waals surface area contributed by atoms with E-state index in [1.54, 1.807) is 18.2 Å². The van der Waals surface area contributed by atoms with Crippen LogP contribution in [0.3, 0.4) is 0 Å². The Morgan fingerprint density at radius 2 is 1.28 bits per heavy atom. The van der Waals surface area contributed by atoms with Crippen LogP contribution in [0.2, 0.25) is 0 Å². The molecule has 25 heavy (non-hydrogen) atoms. The minimum absolute atomic E-state index is 0.154. The lowest BCUT2D eigenvalue weighted by atomic mass is 10.0. The monoisotopic (exact) mass is 355 g/mol. The van der Waals surface area contributed by atoms with Crippen LogP contribution in [0, 0.1) is 5.82 Å². The highest BCUT2D eigenvalue weighted by atomic mass is 32.2. The molecule has 1 N–H and O–H groups in total. The van der Waals surface area contributed by atoms with Crippen molar-refractivity contribution in [2.75, 3.05) is 4.72 Å². The number of ketones is 1. The largest absolute Gasteiger partial charge is 0.289 e. The molecule has 0 unspecified atom stereocenters. The molecule has 0 amide bonds. The second-order valence-corrected chi connectivity index (χ2v) is 7.01. The van der Waals surface area contributed by atoms with Crippen molar-refractivity contribution >= 4 is 21.5 Å². The third kappa shape index (κ3) is 3.92. The van der Waals surface area contributed by atoms with E-state index in [1.165, 1.54) is 60.7 Å². The number of nitrogens with one attached hydrogen (secondary N) is 1. The topological polar surface area (TPSA) is 63.2 Å². The minimum atomic E-state index is -3.68. The standard InChI is InChI=1S/C19H14FNO3S/c20-16-10-6-14(7-11-16)19(22)15-8-12-17(13-9-15)21-25(23,24)18-4-2-1-3-5-18/h1-13,21H. The Morgan fingerprint density at radius 1 is 0.760 bits per heavy atom. The van der Waals surface area contributed by atoms with Crippen molar-refractivity contribution in [1.29, 1.82) is 0 Å². The number of sulfonamides is 1. The Bertz CT molecular complexity index is 983. The first-order valence-electron chi connectivity index (χ1n) is 7.44. The first-order chi connectivity index (χ1) is 12.0. The van der Waals surface area contributed by atoms with E-state index in [0.717, 1.165) is 0 Å². The fourth-order valence-corrected chi connectivity index (χ4v) is 3.35. The van der Waals surface area contributed by atoms with Gasteiger partial charge < -0.3 is 0 Å². The van der Waals surface area contributed by atoms with E-state index >= 15 is 0 Å². The van der Waals surface area contributed by atoms with Gasteiger partial charge in [0.15, 0.2) is 5.78 Å². The molecule has 0 saturated heterocycles. The maximum atomic E-state index is 12.9. The smallest absolute Gasteiger partial charge is 0.261 e. The Kier molecular flexibility index (Phi) is 4.63. The second-order valence-electron chi connectivity index (χ2n) is 5.33. The number of hydrogen-bond acceptors (Lipinski definition) is 3. The number of carbonyl (C=O) groups excluding carboxylic acids is 1. The van der Waals surface area contributed by atoms with Crippen molar-refractivity contribution in [3.63, 3.8) is 0 Å². The van der Waals surface area contributed by atoms with Crippen LogP contribution in [0.4, 0.5) is 10.1 Å². The van der Waals surface area contributed by atoms with Crippen LogP contribution in [0.5, 0.6) is 0 Å². The average molecular weight is 355 g/mol. The molecule has 0 fully saturated rings. The third-order valence-electron chi connectivity index (χ3n) is 3.56. The lowest BCUT2D eigenvalue weighted by molar-refractivity contribution is 0.103. The maximum Gasteiger partial charge on any atom is 0.261 e. The molecule has 0 spiro atoms. The van der Waals surface area contributed by atoms with Crippen LogP contribution < -0.4 is 4.72 Å². The molecular formula is C19H14FNO3S. The van der Waals surface area contributed by atoms with E-state index in [0.29, 0.717) is 16.8 Å². The first-order valence-corrected chi connectivity index (χ1v) is 8.92. The summed E-state index contributed by atoms with van der Waals surface area (Å²) in [6, 6.07) is 19.3. The third-order valence-corrected chi connectivity index (χ3v) is 4.96. The number of halogens is 1. The Morgan fingerprint density at radius 3 is 1.84 bits per heavy atom. The van der Waals surface area contributed by atoms with Crippen LogP contribution >= 0.6 is 0 Å². The van der Waals surface area contributed by atoms with E-state index in [1.807, 2.05) is 0 Å². The summed E-state index contributed by atoms with van der Waals surface area (Å²) in [6.45, 7) is 0. The fraction of sp³-hybridized carbons (Fsp3) is 0. The van der Waals surface area contributed by atoms with Crippen molar-refractivity contribution in [3.05, 3.63) is 95.8 Å². The van der Waals surface area contributed by atoms with E-state index in [9.17, 15) is 17.6 Å². The molecule has 3 aromatic carbocycles. The van der Waals surface area contributed by atoms with Gasteiger partial charge in [-0.15, -0.1) is 0 Å². The molecule has 0 saturated carbocycles. The van der Waals surface area contributed by atoms with Crippen LogP contribution in [0.25, 0.3) is 0 Å². The van der Waals surface area contributed by atoms with E-state index in [4.69, 9.17) is 0 Å². The Labute approximate surface area is 145 Å². The Hall–Kier alpha value is -2.99. The van der Waals surface area contributed by atoms with Gasteiger partial charge in [-0.25, -0.2) is 12.8 Å². The zero-order valence-electron chi connectivity index (χ0n) is 13.0. The normalized spacial score (nSPS) is 11.1. The van der Waals surface area contributed by atoms with Crippen LogP contribution in [-0.2, 0) is 10.0 Å². The average Bonchev–Trinajstić information content (AvgIpc) is 2.63. The maximum absolute atomic E-state index is 12.9. The van der Waals surface area contributed by atoms with Crippen molar-refractivity contribution in [2.45, 2.75) is 4.90 Å². The molecule has 0 bridgehead atoms. The lowest BCUT2D eigenvalue weighted by Crippen LogP contribution is -2.12. The van der Waals surface area contributed by atoms with Crippen molar-refractivity contribution in [1.82, 2.24) is 0 Å². The van der Waals surface area contributed by atoms with Gasteiger partial charge in [0.25, 0.3) is 10.0 Å². The van der Waals surface area contributed by atoms with E-state index < -0.39 is 15.8 Å². The molecule has 0 aromatic heterocycles. The molecule has 3 aromatic rings. The van der Waals surface area contributed by atoms with Gasteiger partial charge in [0.2, 0.25) is 0 Å². The molecule has 0 atom stereocenters. The minimum Gasteiger partial charge on any atom is -0.289 e. The number of hydrogen-bond donors (Lipinski definition) is 1. The number of rotatable bonds is 5. The summed E-state index contributed by atoms with van der Waals surface area (Å²) in [5.41, 5.74) is 1.09. The highest BCUT2D eigenvalue weighted by molar-refractivity contribution is 7.92. The van der Waals surface area contributed by atoms with Crippen LogP contribution in [0.15, 0.2) is 83.8 Å². The van der Waals surface area contributed by atoms with Crippen molar-refractivity contribution in [3.8, 4) is 0 Å². The second kappa shape index (κ2) is 6.86.